The first kappa shape index (κ1) is 11.4. The van der Waals surface area contributed by atoms with Gasteiger partial charge >= 0.3 is 0 Å². The molecular weight excluding hydrogens is 388 g/mol. The van der Waals surface area contributed by atoms with Gasteiger partial charge in [0.1, 0.15) is 0 Å². The Kier molecular flexibility index (Phi) is 3.23. The molecule has 16 heavy (non-hydrogen) atoms. The first-order valence-corrected chi connectivity index (χ1v) is 8.88. The summed E-state index contributed by atoms with van der Waals surface area (Å²) < 4.78 is 3.96. The van der Waals surface area contributed by atoms with Crippen LogP contribution in [0.5, 0.6) is 0 Å². The highest BCUT2D eigenvalue weighted by Gasteiger charge is 2.17. The van der Waals surface area contributed by atoms with Gasteiger partial charge < -0.3 is 0 Å². The molecule has 82 valence electrons. The fraction of sp³-hybridized carbons (Fsp3) is 0.0909. The molecule has 0 amide bonds. The van der Waals surface area contributed by atoms with Crippen LogP contribution in [0.3, 0.4) is 0 Å². The number of hydrogen-bond acceptors (Lipinski definition) is 3. The highest BCUT2D eigenvalue weighted by molar-refractivity contribution is 9.11. The quantitative estimate of drug-likeness (QED) is 0.450. The van der Waals surface area contributed by atoms with E-state index in [9.17, 15) is 0 Å². The van der Waals surface area contributed by atoms with Gasteiger partial charge in [-0.1, -0.05) is 15.9 Å². The molecule has 3 rings (SSSR count). The summed E-state index contributed by atoms with van der Waals surface area (Å²) in [6.45, 7) is 0. The predicted octanol–water partition coefficient (Wildman–Crippen LogP) is 6.27. The van der Waals surface area contributed by atoms with Crippen molar-refractivity contribution in [1.29, 1.82) is 0 Å². The van der Waals surface area contributed by atoms with E-state index in [1.807, 2.05) is 22.7 Å². The summed E-state index contributed by atoms with van der Waals surface area (Å²) in [6, 6.07) is 6.58. The van der Waals surface area contributed by atoms with Crippen LogP contribution in [0.15, 0.2) is 33.4 Å². The van der Waals surface area contributed by atoms with Gasteiger partial charge in [-0.15, -0.1) is 34.0 Å². The first-order chi connectivity index (χ1) is 7.75. The van der Waals surface area contributed by atoms with E-state index >= 15 is 0 Å². The van der Waals surface area contributed by atoms with Crippen molar-refractivity contribution in [2.24, 2.45) is 0 Å². The lowest BCUT2D eigenvalue weighted by Gasteiger charge is -2.05. The third-order valence-electron chi connectivity index (χ3n) is 2.28. The average molecular weight is 394 g/mol. The average Bonchev–Trinajstić information content (AvgIpc) is 2.89. The molecule has 0 aliphatic rings. The minimum atomic E-state index is 0.312. The maximum Gasteiger partial charge on any atom is 0.0843 e. The monoisotopic (exact) mass is 392 g/mol. The van der Waals surface area contributed by atoms with Crippen molar-refractivity contribution >= 4 is 75.3 Å². The van der Waals surface area contributed by atoms with Crippen LogP contribution >= 0.6 is 65.9 Å². The fourth-order valence-corrected chi connectivity index (χ4v) is 6.59. The van der Waals surface area contributed by atoms with Gasteiger partial charge in [0.25, 0.3) is 0 Å². The number of hydrogen-bond donors (Lipinski definition) is 0. The van der Waals surface area contributed by atoms with E-state index in [0.29, 0.717) is 4.83 Å². The highest BCUT2D eigenvalue weighted by atomic mass is 79.9. The maximum atomic E-state index is 3.78. The van der Waals surface area contributed by atoms with Gasteiger partial charge in [-0.05, 0) is 44.9 Å². The van der Waals surface area contributed by atoms with Crippen LogP contribution in [0.2, 0.25) is 0 Å². The summed E-state index contributed by atoms with van der Waals surface area (Å²) in [5.41, 5.74) is 0. The van der Waals surface area contributed by atoms with Gasteiger partial charge in [-0.25, -0.2) is 0 Å². The van der Waals surface area contributed by atoms with E-state index in [4.69, 9.17) is 0 Å². The highest BCUT2D eigenvalue weighted by Crippen LogP contribution is 2.43. The van der Waals surface area contributed by atoms with Crippen molar-refractivity contribution in [2.45, 2.75) is 4.83 Å². The Morgan fingerprint density at radius 2 is 1.88 bits per heavy atom. The lowest BCUT2D eigenvalue weighted by atomic mass is 10.3. The van der Waals surface area contributed by atoms with Crippen LogP contribution in [-0.2, 0) is 0 Å². The standard InChI is InChI=1S/C11H6Br2S3/c12-6-1-3-15-11(6)10(13)9-5-8-7(16-9)2-4-14-8/h1-5,10H. The molecule has 1 atom stereocenters. The van der Waals surface area contributed by atoms with Crippen molar-refractivity contribution in [3.63, 3.8) is 0 Å². The second-order valence-corrected chi connectivity index (χ2v) is 8.07. The zero-order valence-corrected chi connectivity index (χ0v) is 13.6. The van der Waals surface area contributed by atoms with Crippen molar-refractivity contribution in [3.05, 3.63) is 43.2 Å². The summed E-state index contributed by atoms with van der Waals surface area (Å²) in [7, 11) is 0. The van der Waals surface area contributed by atoms with Crippen LogP contribution in [0.4, 0.5) is 0 Å². The Labute approximate surface area is 122 Å². The van der Waals surface area contributed by atoms with Crippen LogP contribution in [0.25, 0.3) is 9.40 Å². The van der Waals surface area contributed by atoms with E-state index in [-0.39, 0.29) is 0 Å². The lowest BCUT2D eigenvalue weighted by molar-refractivity contribution is 1.28. The lowest BCUT2D eigenvalue weighted by Crippen LogP contribution is -1.85. The molecule has 0 aromatic carbocycles. The number of fused-ring (bicyclic) bond motifs is 1. The van der Waals surface area contributed by atoms with Gasteiger partial charge in [-0.2, -0.15) is 0 Å². The Morgan fingerprint density at radius 1 is 1.06 bits per heavy atom. The molecule has 0 aliphatic carbocycles. The van der Waals surface area contributed by atoms with Crippen molar-refractivity contribution in [3.8, 4) is 0 Å². The minimum Gasteiger partial charge on any atom is -0.146 e. The van der Waals surface area contributed by atoms with E-state index < -0.39 is 0 Å². The summed E-state index contributed by atoms with van der Waals surface area (Å²) in [4.78, 5) is 3.03. The number of rotatable bonds is 2. The maximum absolute atomic E-state index is 3.78. The minimum absolute atomic E-state index is 0.312. The molecule has 3 aromatic heterocycles. The molecule has 0 N–H and O–H groups in total. The smallest absolute Gasteiger partial charge is 0.0843 e. The SMILES string of the molecule is Brc1ccsc1C(Br)c1cc2sccc2s1. The number of halogens is 2. The van der Waals surface area contributed by atoms with Gasteiger partial charge in [0.05, 0.1) is 4.83 Å². The molecule has 0 saturated heterocycles. The summed E-state index contributed by atoms with van der Waals surface area (Å²) in [5.74, 6) is 0. The van der Waals surface area contributed by atoms with Crippen molar-refractivity contribution in [1.82, 2.24) is 0 Å². The zero-order chi connectivity index (χ0) is 11.1. The third-order valence-corrected chi connectivity index (χ3v) is 7.93. The molecule has 1 unspecified atom stereocenters. The molecular formula is C11H6Br2S3. The Balaban J connectivity index is 2.04. The zero-order valence-electron chi connectivity index (χ0n) is 7.94. The van der Waals surface area contributed by atoms with Crippen molar-refractivity contribution in [2.75, 3.05) is 0 Å². The fourth-order valence-electron chi connectivity index (χ4n) is 1.52. The van der Waals surface area contributed by atoms with Crippen LogP contribution in [0.1, 0.15) is 14.6 Å². The first-order valence-electron chi connectivity index (χ1n) is 4.59. The Morgan fingerprint density at radius 3 is 2.56 bits per heavy atom. The molecule has 0 fully saturated rings. The number of alkyl halides is 1. The Hall–Kier alpha value is 0.320. The predicted molar refractivity (Wildman–Crippen MR) is 82.5 cm³/mol. The second-order valence-electron chi connectivity index (χ2n) is 3.29. The van der Waals surface area contributed by atoms with E-state index in [1.165, 1.54) is 23.6 Å². The molecule has 0 bridgehead atoms. The second kappa shape index (κ2) is 4.53. The normalized spacial score (nSPS) is 13.4. The molecule has 0 spiro atoms. The topological polar surface area (TPSA) is 0 Å². The molecule has 0 saturated carbocycles. The van der Waals surface area contributed by atoms with Gasteiger partial charge in [-0.3, -0.25) is 0 Å². The van der Waals surface area contributed by atoms with Gasteiger partial charge in [0, 0.05) is 23.6 Å². The molecule has 3 heterocycles. The van der Waals surface area contributed by atoms with Gasteiger partial charge in [0.15, 0.2) is 0 Å². The molecule has 5 heteroatoms. The van der Waals surface area contributed by atoms with E-state index in [2.05, 4.69) is 60.8 Å². The largest absolute Gasteiger partial charge is 0.146 e. The van der Waals surface area contributed by atoms with Crippen LogP contribution in [0, 0.1) is 0 Å². The van der Waals surface area contributed by atoms with Crippen molar-refractivity contribution < 1.29 is 0 Å². The molecule has 3 aromatic rings. The molecule has 0 radical (unpaired) electrons. The summed E-state index contributed by atoms with van der Waals surface area (Å²) in [5, 5.41) is 4.26. The summed E-state index contributed by atoms with van der Waals surface area (Å²) in [6.07, 6.45) is 0. The molecule has 0 nitrogen and oxygen atoms in total. The van der Waals surface area contributed by atoms with E-state index in [1.54, 1.807) is 11.3 Å². The summed E-state index contributed by atoms with van der Waals surface area (Å²) >= 11 is 12.8. The van der Waals surface area contributed by atoms with Crippen LogP contribution in [-0.4, -0.2) is 0 Å². The number of thiophene rings is 3. The molecule has 0 aliphatic heterocycles. The van der Waals surface area contributed by atoms with Gasteiger partial charge in [0.2, 0.25) is 0 Å². The van der Waals surface area contributed by atoms with E-state index in [0.717, 1.165) is 0 Å². The Bertz CT molecular complexity index is 591. The third kappa shape index (κ3) is 1.93. The van der Waals surface area contributed by atoms with Crippen LogP contribution < -0.4 is 0 Å².